The number of rotatable bonds is 3. The molecule has 0 aromatic carbocycles. The number of hydrogen-bond donors (Lipinski definition) is 5. The third kappa shape index (κ3) is 4.14. The number of aliphatic hydroxyl groups is 4. The Morgan fingerprint density at radius 1 is 1.12 bits per heavy atom. The molecular weight excluding hydrogens is 538 g/mol. The largest absolute Gasteiger partial charge is 0.394 e. The summed E-state index contributed by atoms with van der Waals surface area (Å²) in [5.41, 5.74) is 2.89. The molecule has 3 aliphatic heterocycles. The van der Waals surface area contributed by atoms with Crippen LogP contribution in [0.1, 0.15) is 72.6 Å². The molecule has 3 saturated heterocycles. The van der Waals surface area contributed by atoms with E-state index in [9.17, 15) is 25.2 Å². The molecule has 4 aliphatic carbocycles. The van der Waals surface area contributed by atoms with Crippen LogP contribution in [0.25, 0.3) is 0 Å². The maximum atomic E-state index is 14.5. The molecule has 2 saturated carbocycles. The van der Waals surface area contributed by atoms with E-state index in [0.29, 0.717) is 42.4 Å². The highest BCUT2D eigenvalue weighted by atomic mass is 16.7. The van der Waals surface area contributed by atoms with E-state index in [2.05, 4.69) is 39.1 Å². The van der Waals surface area contributed by atoms with Gasteiger partial charge in [0, 0.05) is 23.5 Å². The lowest BCUT2D eigenvalue weighted by Crippen LogP contribution is -2.60. The first-order valence-electron chi connectivity index (χ1n) is 16.3. The predicted molar refractivity (Wildman–Crippen MR) is 153 cm³/mol. The van der Waals surface area contributed by atoms with E-state index in [4.69, 9.17) is 14.2 Å². The lowest BCUT2D eigenvalue weighted by molar-refractivity contribution is -0.312. The molecule has 9 nitrogen and oxygen atoms in total. The number of carbonyl (C=O) groups excluding carboxylic acids is 1. The highest BCUT2D eigenvalue weighted by molar-refractivity contribution is 6.02. The molecule has 15 atom stereocenters. The van der Waals surface area contributed by atoms with Crippen molar-refractivity contribution >= 4 is 5.78 Å². The van der Waals surface area contributed by atoms with E-state index >= 15 is 0 Å². The Balaban J connectivity index is 1.11. The van der Waals surface area contributed by atoms with Gasteiger partial charge in [-0.25, -0.2) is 0 Å². The van der Waals surface area contributed by atoms with E-state index in [0.717, 1.165) is 44.2 Å². The third-order valence-electron chi connectivity index (χ3n) is 12.8. The summed E-state index contributed by atoms with van der Waals surface area (Å²) in [5, 5.41) is 44.2. The molecule has 5 N–H and O–H groups in total. The van der Waals surface area contributed by atoms with Crippen LogP contribution in [0.3, 0.4) is 0 Å². The topological polar surface area (TPSA) is 138 Å². The Hall–Kier alpha value is -1.17. The predicted octanol–water partition coefficient (Wildman–Crippen LogP) is 2.01. The van der Waals surface area contributed by atoms with Crippen LogP contribution >= 0.6 is 0 Å². The quantitative estimate of drug-likeness (QED) is 0.314. The zero-order chi connectivity index (χ0) is 29.7. The highest BCUT2D eigenvalue weighted by Gasteiger charge is 2.63. The molecule has 0 bridgehead atoms. The van der Waals surface area contributed by atoms with Crippen molar-refractivity contribution in [3.8, 4) is 0 Å². The normalized spacial score (nSPS) is 53.9. The molecule has 0 radical (unpaired) electrons. The molecule has 0 amide bonds. The van der Waals surface area contributed by atoms with Crippen molar-refractivity contribution in [3.63, 3.8) is 0 Å². The SMILES string of the molecule is CC1=C2C(=O)[C@H]3[C@H](CC=C4C[C@@H](O[C@H]5O[C@H](CO)[C@@H](O)[C@H](O)[C@H]5O)CC[C@@]43C)[C@@H]2CC[C@]12O[C@@H]1C[C@H](C)CN[C@H]1[C@H]2C. The fourth-order valence-corrected chi connectivity index (χ4v) is 10.4. The van der Waals surface area contributed by atoms with Crippen molar-refractivity contribution in [3.05, 3.63) is 22.8 Å². The fourth-order valence-electron chi connectivity index (χ4n) is 10.4. The van der Waals surface area contributed by atoms with Crippen LogP contribution in [0.4, 0.5) is 0 Å². The zero-order valence-electron chi connectivity index (χ0n) is 25.4. The van der Waals surface area contributed by atoms with Gasteiger partial charge in [0.2, 0.25) is 0 Å². The summed E-state index contributed by atoms with van der Waals surface area (Å²) in [4.78, 5) is 14.5. The van der Waals surface area contributed by atoms with Crippen molar-refractivity contribution < 1.29 is 39.4 Å². The van der Waals surface area contributed by atoms with Crippen molar-refractivity contribution in [1.29, 1.82) is 0 Å². The van der Waals surface area contributed by atoms with Gasteiger partial charge in [0.1, 0.15) is 24.4 Å². The van der Waals surface area contributed by atoms with Gasteiger partial charge in [-0.1, -0.05) is 32.4 Å². The maximum Gasteiger partial charge on any atom is 0.186 e. The van der Waals surface area contributed by atoms with Crippen LogP contribution in [0, 0.1) is 35.0 Å². The number of aliphatic hydroxyl groups excluding tert-OH is 4. The average Bonchev–Trinajstić information content (AvgIpc) is 3.42. The van der Waals surface area contributed by atoms with Gasteiger partial charge in [0.15, 0.2) is 12.1 Å². The van der Waals surface area contributed by atoms with Gasteiger partial charge < -0.3 is 40.0 Å². The van der Waals surface area contributed by atoms with E-state index < -0.39 is 37.3 Å². The first-order chi connectivity index (χ1) is 20.0. The van der Waals surface area contributed by atoms with Crippen LogP contribution in [-0.4, -0.2) is 93.9 Å². The summed E-state index contributed by atoms with van der Waals surface area (Å²) in [6, 6.07) is 0.344. The zero-order valence-corrected chi connectivity index (χ0v) is 25.4. The lowest BCUT2D eigenvalue weighted by Gasteiger charge is -2.49. The van der Waals surface area contributed by atoms with Gasteiger partial charge in [0.25, 0.3) is 0 Å². The number of hydrogen-bond acceptors (Lipinski definition) is 9. The molecule has 42 heavy (non-hydrogen) atoms. The molecule has 9 heteroatoms. The number of allylic oxidation sites excluding steroid dienone is 2. The maximum absolute atomic E-state index is 14.5. The van der Waals surface area contributed by atoms with Gasteiger partial charge in [-0.05, 0) is 87.2 Å². The Kier molecular flexibility index (Phi) is 7.34. The van der Waals surface area contributed by atoms with Gasteiger partial charge in [-0.2, -0.15) is 0 Å². The second-order valence-electron chi connectivity index (χ2n) is 14.9. The van der Waals surface area contributed by atoms with Gasteiger partial charge in [-0.15, -0.1) is 0 Å². The highest BCUT2D eigenvalue weighted by Crippen LogP contribution is 2.64. The van der Waals surface area contributed by atoms with E-state index in [1.807, 2.05) is 0 Å². The average molecular weight is 588 g/mol. The molecule has 1 spiro atoms. The summed E-state index contributed by atoms with van der Waals surface area (Å²) in [5.74, 6) is 1.81. The van der Waals surface area contributed by atoms with E-state index in [-0.39, 0.29) is 35.1 Å². The van der Waals surface area contributed by atoms with Crippen LogP contribution in [0.5, 0.6) is 0 Å². The standard InChI is InChI=1S/C33H49NO8/c1-15-11-22-26(34-13-15)17(3)33(42-22)10-8-20-21-6-5-18-12-19(40-31-30(39)29(38)27(36)23(14-35)41-31)7-9-32(18,4)25(21)28(37)24(20)16(33)2/h5,15,17,19-23,25-27,29-31,34-36,38-39H,6-14H2,1-4H3/t15-,17+,19-,20-,21+,22+,23+,25+,26-,27+,29-,30+,31-,32-,33-/m0/s1. The fraction of sp³-hybridized carbons (Fsp3) is 0.848. The number of ketones is 1. The number of nitrogens with one attached hydrogen (secondary N) is 1. The number of carbonyl (C=O) groups is 1. The van der Waals surface area contributed by atoms with Gasteiger partial charge >= 0.3 is 0 Å². The Bertz CT molecular complexity index is 1170. The molecule has 0 aromatic heterocycles. The van der Waals surface area contributed by atoms with Gasteiger partial charge in [-0.3, -0.25) is 4.79 Å². The molecular formula is C33H49NO8. The number of Topliss-reactive ketones (excluding diaryl/α,β-unsaturated/α-hetero) is 1. The number of ether oxygens (including phenoxy) is 3. The summed E-state index contributed by atoms with van der Waals surface area (Å²) >= 11 is 0. The molecule has 0 aromatic rings. The van der Waals surface area contributed by atoms with Crippen LogP contribution in [0.2, 0.25) is 0 Å². The van der Waals surface area contributed by atoms with Crippen LogP contribution in [-0.2, 0) is 19.0 Å². The molecule has 5 fully saturated rings. The molecule has 7 aliphatic rings. The minimum atomic E-state index is -1.46. The second kappa shape index (κ2) is 10.4. The molecule has 3 heterocycles. The summed E-state index contributed by atoms with van der Waals surface area (Å²) in [6.07, 6.45) is 1.93. The Morgan fingerprint density at radius 3 is 2.67 bits per heavy atom. The Morgan fingerprint density at radius 2 is 1.90 bits per heavy atom. The molecule has 0 unspecified atom stereocenters. The van der Waals surface area contributed by atoms with Crippen LogP contribution < -0.4 is 5.32 Å². The lowest BCUT2D eigenvalue weighted by atomic mass is 9.56. The summed E-state index contributed by atoms with van der Waals surface area (Å²) < 4.78 is 18.8. The number of fused-ring (bicyclic) bond motifs is 6. The first-order valence-corrected chi connectivity index (χ1v) is 16.3. The van der Waals surface area contributed by atoms with Crippen molar-refractivity contribution in [2.75, 3.05) is 13.2 Å². The minimum absolute atomic E-state index is 0.0482. The third-order valence-corrected chi connectivity index (χ3v) is 12.8. The second-order valence-corrected chi connectivity index (χ2v) is 14.9. The Labute approximate surface area is 248 Å². The molecule has 234 valence electrons. The van der Waals surface area contributed by atoms with E-state index in [1.165, 1.54) is 11.1 Å². The van der Waals surface area contributed by atoms with Crippen molar-refractivity contribution in [2.45, 2.75) is 127 Å². The first kappa shape index (κ1) is 29.5. The van der Waals surface area contributed by atoms with Gasteiger partial charge in [0.05, 0.1) is 24.4 Å². The summed E-state index contributed by atoms with van der Waals surface area (Å²) in [6.45, 7) is 9.60. The van der Waals surface area contributed by atoms with E-state index in [1.54, 1.807) is 0 Å². The number of piperidine rings is 1. The van der Waals surface area contributed by atoms with Crippen molar-refractivity contribution in [2.24, 2.45) is 35.0 Å². The minimum Gasteiger partial charge on any atom is -0.394 e. The van der Waals surface area contributed by atoms with Crippen LogP contribution in [0.15, 0.2) is 22.8 Å². The summed E-state index contributed by atoms with van der Waals surface area (Å²) in [7, 11) is 0. The monoisotopic (exact) mass is 587 g/mol. The smallest absolute Gasteiger partial charge is 0.186 e. The molecule has 7 rings (SSSR count). The van der Waals surface area contributed by atoms with Crippen molar-refractivity contribution in [1.82, 2.24) is 5.32 Å².